The minimum atomic E-state index is -1.10. The lowest BCUT2D eigenvalue weighted by Crippen LogP contribution is -2.29. The fraction of sp³-hybridized carbons (Fsp3) is 0.250. The summed E-state index contributed by atoms with van der Waals surface area (Å²) in [6.45, 7) is 0. The van der Waals surface area contributed by atoms with Crippen LogP contribution in [-0.2, 0) is 5.60 Å². The largest absolute Gasteiger partial charge is 0.380 e. The summed E-state index contributed by atoms with van der Waals surface area (Å²) in [6, 6.07) is 11.6. The summed E-state index contributed by atoms with van der Waals surface area (Å²) in [5.74, 6) is -0.142. The summed E-state index contributed by atoms with van der Waals surface area (Å²) in [5.41, 5.74) is 1.87. The molecule has 4 rings (SSSR count). The number of nitrogens with one attached hydrogen (secondary N) is 1. The number of aromatic amines is 1. The third-order valence-corrected chi connectivity index (χ3v) is 4.21. The van der Waals surface area contributed by atoms with E-state index in [4.69, 9.17) is 0 Å². The Labute approximate surface area is 120 Å². The summed E-state index contributed by atoms with van der Waals surface area (Å²) in [6.07, 6.45) is 1.93. The van der Waals surface area contributed by atoms with Gasteiger partial charge in [0.1, 0.15) is 22.5 Å². The molecule has 1 atom stereocenters. The predicted octanol–water partition coefficient (Wildman–Crippen LogP) is 2.74. The summed E-state index contributed by atoms with van der Waals surface area (Å²) < 4.78 is 13.2. The minimum absolute atomic E-state index is 0.160. The fourth-order valence-corrected chi connectivity index (χ4v) is 2.92. The zero-order chi connectivity index (χ0) is 14.4. The Morgan fingerprint density at radius 1 is 1.00 bits per heavy atom. The van der Waals surface area contributed by atoms with Crippen LogP contribution in [0.25, 0.3) is 11.0 Å². The van der Waals surface area contributed by atoms with Crippen molar-refractivity contribution in [2.75, 3.05) is 0 Å². The van der Waals surface area contributed by atoms with Gasteiger partial charge < -0.3 is 5.11 Å². The molecular weight excluding hydrogens is 269 g/mol. The average molecular weight is 283 g/mol. The van der Waals surface area contributed by atoms with E-state index in [0.717, 1.165) is 23.9 Å². The van der Waals surface area contributed by atoms with Gasteiger partial charge in [-0.05, 0) is 54.2 Å². The van der Waals surface area contributed by atoms with Gasteiger partial charge in [-0.1, -0.05) is 18.2 Å². The maximum absolute atomic E-state index is 13.2. The van der Waals surface area contributed by atoms with Crippen LogP contribution in [0.3, 0.4) is 0 Å². The molecule has 2 aromatic carbocycles. The summed E-state index contributed by atoms with van der Waals surface area (Å²) >= 11 is 0. The number of benzene rings is 2. The Hall–Kier alpha value is -2.27. The molecule has 1 aromatic heterocycles. The van der Waals surface area contributed by atoms with E-state index in [9.17, 15) is 9.50 Å². The number of hydrogen-bond donors (Lipinski definition) is 2. The van der Waals surface area contributed by atoms with Crippen molar-refractivity contribution in [3.63, 3.8) is 0 Å². The zero-order valence-corrected chi connectivity index (χ0v) is 11.3. The van der Waals surface area contributed by atoms with Crippen LogP contribution in [0.15, 0.2) is 42.5 Å². The highest BCUT2D eigenvalue weighted by atomic mass is 19.1. The molecule has 4 nitrogen and oxygen atoms in total. The Balaban J connectivity index is 1.88. The van der Waals surface area contributed by atoms with Crippen molar-refractivity contribution >= 4 is 11.0 Å². The maximum Gasteiger partial charge on any atom is 0.123 e. The molecule has 0 spiro atoms. The molecule has 1 aliphatic rings. The number of aromatic nitrogens is 3. The Morgan fingerprint density at radius 2 is 1.67 bits per heavy atom. The quantitative estimate of drug-likeness (QED) is 0.777. The Bertz CT molecular complexity index is 795. The van der Waals surface area contributed by atoms with Gasteiger partial charge in [0.2, 0.25) is 0 Å². The molecule has 0 bridgehead atoms. The van der Waals surface area contributed by atoms with Crippen molar-refractivity contribution < 1.29 is 9.50 Å². The van der Waals surface area contributed by atoms with E-state index in [1.54, 1.807) is 12.1 Å². The lowest BCUT2D eigenvalue weighted by atomic mass is 9.82. The summed E-state index contributed by atoms with van der Waals surface area (Å²) in [4.78, 5) is 0. The van der Waals surface area contributed by atoms with E-state index in [-0.39, 0.29) is 11.7 Å². The first-order chi connectivity index (χ1) is 10.2. The van der Waals surface area contributed by atoms with E-state index in [0.29, 0.717) is 11.1 Å². The number of H-pyrrole nitrogens is 1. The van der Waals surface area contributed by atoms with Gasteiger partial charge >= 0.3 is 0 Å². The van der Waals surface area contributed by atoms with Crippen LogP contribution < -0.4 is 0 Å². The second kappa shape index (κ2) is 4.36. The van der Waals surface area contributed by atoms with E-state index in [2.05, 4.69) is 15.4 Å². The van der Waals surface area contributed by atoms with Crippen molar-refractivity contribution in [1.82, 2.24) is 15.4 Å². The third kappa shape index (κ3) is 1.93. The van der Waals surface area contributed by atoms with Gasteiger partial charge in [-0.15, -0.1) is 0 Å². The first-order valence-electron chi connectivity index (χ1n) is 6.97. The molecule has 2 N–H and O–H groups in total. The summed E-state index contributed by atoms with van der Waals surface area (Å²) in [5, 5.41) is 22.0. The molecule has 1 unspecified atom stereocenters. The highest BCUT2D eigenvalue weighted by Crippen LogP contribution is 2.49. The standard InChI is InChI=1S/C16H14FN3O/c17-13-6-3-11(4-7-13)16(21,10-1-2-10)12-5-8-14-15(9-12)19-20-18-14/h3-10,21H,1-2H2,(H,18,19,20). The highest BCUT2D eigenvalue weighted by Gasteiger charge is 2.46. The fourth-order valence-electron chi connectivity index (χ4n) is 2.92. The van der Waals surface area contributed by atoms with Gasteiger partial charge in [0.15, 0.2) is 0 Å². The maximum atomic E-state index is 13.2. The molecule has 106 valence electrons. The van der Waals surface area contributed by atoms with Crippen molar-refractivity contribution in [3.8, 4) is 0 Å². The van der Waals surface area contributed by atoms with Gasteiger partial charge in [0, 0.05) is 0 Å². The van der Waals surface area contributed by atoms with Gasteiger partial charge in [-0.3, -0.25) is 0 Å². The van der Waals surface area contributed by atoms with Crippen LogP contribution in [0.5, 0.6) is 0 Å². The highest BCUT2D eigenvalue weighted by molar-refractivity contribution is 5.74. The van der Waals surface area contributed by atoms with Crippen molar-refractivity contribution in [2.45, 2.75) is 18.4 Å². The van der Waals surface area contributed by atoms with Crippen LogP contribution in [0.1, 0.15) is 24.0 Å². The average Bonchev–Trinajstić information content (AvgIpc) is 3.25. The molecule has 5 heteroatoms. The number of halogens is 1. The van der Waals surface area contributed by atoms with E-state index in [1.165, 1.54) is 12.1 Å². The number of hydrogen-bond acceptors (Lipinski definition) is 3. The van der Waals surface area contributed by atoms with E-state index >= 15 is 0 Å². The van der Waals surface area contributed by atoms with Crippen molar-refractivity contribution in [3.05, 3.63) is 59.4 Å². The molecule has 21 heavy (non-hydrogen) atoms. The molecule has 0 aliphatic heterocycles. The Morgan fingerprint density at radius 3 is 2.38 bits per heavy atom. The molecule has 1 aliphatic carbocycles. The smallest absolute Gasteiger partial charge is 0.123 e. The van der Waals surface area contributed by atoms with Gasteiger partial charge in [-0.2, -0.15) is 15.4 Å². The summed E-state index contributed by atoms with van der Waals surface area (Å²) in [7, 11) is 0. The number of fused-ring (bicyclic) bond motifs is 1. The van der Waals surface area contributed by atoms with Crippen molar-refractivity contribution in [2.24, 2.45) is 5.92 Å². The topological polar surface area (TPSA) is 61.8 Å². The first-order valence-corrected chi connectivity index (χ1v) is 6.97. The number of rotatable bonds is 3. The molecular formula is C16H14FN3O. The molecule has 1 fully saturated rings. The molecule has 0 radical (unpaired) electrons. The normalized spacial score (nSPS) is 17.8. The zero-order valence-electron chi connectivity index (χ0n) is 11.3. The Kier molecular flexibility index (Phi) is 2.59. The van der Waals surface area contributed by atoms with Crippen LogP contribution in [0.2, 0.25) is 0 Å². The van der Waals surface area contributed by atoms with Crippen LogP contribution in [0.4, 0.5) is 4.39 Å². The molecule has 0 saturated heterocycles. The second-order valence-corrected chi connectivity index (χ2v) is 5.57. The monoisotopic (exact) mass is 283 g/mol. The molecule has 1 saturated carbocycles. The third-order valence-electron chi connectivity index (χ3n) is 4.21. The SMILES string of the molecule is OC(c1ccc(F)cc1)(c1ccc2n[nH]nc2c1)C1CC1. The van der Waals surface area contributed by atoms with Crippen molar-refractivity contribution in [1.29, 1.82) is 0 Å². The van der Waals surface area contributed by atoms with E-state index < -0.39 is 5.60 Å². The molecule has 0 amide bonds. The van der Waals surface area contributed by atoms with Gasteiger partial charge in [-0.25, -0.2) is 4.39 Å². The van der Waals surface area contributed by atoms with E-state index in [1.807, 2.05) is 18.2 Å². The van der Waals surface area contributed by atoms with Crippen LogP contribution >= 0.6 is 0 Å². The van der Waals surface area contributed by atoms with Crippen LogP contribution in [-0.4, -0.2) is 20.5 Å². The first kappa shape index (κ1) is 12.5. The molecule has 3 aromatic rings. The van der Waals surface area contributed by atoms with Crippen LogP contribution in [0, 0.1) is 11.7 Å². The second-order valence-electron chi connectivity index (χ2n) is 5.57. The number of nitrogens with zero attached hydrogens (tertiary/aromatic N) is 2. The van der Waals surface area contributed by atoms with Gasteiger partial charge in [0.25, 0.3) is 0 Å². The predicted molar refractivity (Wildman–Crippen MR) is 76.0 cm³/mol. The van der Waals surface area contributed by atoms with Gasteiger partial charge in [0.05, 0.1) is 0 Å². The minimum Gasteiger partial charge on any atom is -0.380 e. The number of aliphatic hydroxyl groups is 1. The lowest BCUT2D eigenvalue weighted by Gasteiger charge is -2.29. The molecule has 1 heterocycles. The lowest BCUT2D eigenvalue weighted by molar-refractivity contribution is 0.0565.